The molecular weight excluding hydrogens is 280 g/mol. The van der Waals surface area contributed by atoms with Crippen molar-refractivity contribution in [1.82, 2.24) is 4.72 Å². The fourth-order valence-electron chi connectivity index (χ4n) is 1.45. The number of hydrogen-bond acceptors (Lipinski definition) is 4. The summed E-state index contributed by atoms with van der Waals surface area (Å²) in [6.45, 7) is 5.38. The maximum Gasteiger partial charge on any atom is 0.250 e. The minimum absolute atomic E-state index is 0.0437. The summed E-state index contributed by atoms with van der Waals surface area (Å²) in [7, 11) is -2.19. The Hall–Kier alpha value is -1.44. The van der Waals surface area contributed by atoms with Gasteiger partial charge < -0.3 is 10.1 Å². The lowest BCUT2D eigenvalue weighted by atomic mass is 10.2. The summed E-state index contributed by atoms with van der Waals surface area (Å²) in [5.74, 6) is -0.319. The Kier molecular flexibility index (Phi) is 5.67. The zero-order chi connectivity index (χ0) is 15.3. The van der Waals surface area contributed by atoms with Crippen molar-refractivity contribution in [2.45, 2.75) is 31.8 Å². The lowest BCUT2D eigenvalue weighted by Gasteiger charge is -2.12. The van der Waals surface area contributed by atoms with E-state index < -0.39 is 10.0 Å². The van der Waals surface area contributed by atoms with Gasteiger partial charge in [0.2, 0.25) is 15.9 Å². The predicted molar refractivity (Wildman–Crippen MR) is 77.1 cm³/mol. The van der Waals surface area contributed by atoms with Crippen LogP contribution in [0, 0.1) is 6.92 Å². The lowest BCUT2D eigenvalue weighted by Crippen LogP contribution is -2.22. The van der Waals surface area contributed by atoms with E-state index in [0.717, 1.165) is 5.56 Å². The van der Waals surface area contributed by atoms with E-state index in [1.165, 1.54) is 19.2 Å². The van der Waals surface area contributed by atoms with Crippen LogP contribution in [-0.4, -0.2) is 34.1 Å². The molecule has 0 aliphatic rings. The minimum Gasteiger partial charge on any atom is -0.369 e. The molecule has 0 aromatic heterocycles. The number of amides is 1. The van der Waals surface area contributed by atoms with E-state index in [1.807, 2.05) is 13.8 Å². The molecule has 20 heavy (non-hydrogen) atoms. The number of benzene rings is 1. The normalized spacial score (nSPS) is 11.7. The van der Waals surface area contributed by atoms with Gasteiger partial charge in [0, 0.05) is 5.69 Å². The van der Waals surface area contributed by atoms with Crippen molar-refractivity contribution in [2.75, 3.05) is 19.0 Å². The number of sulfonamides is 1. The fourth-order valence-corrected chi connectivity index (χ4v) is 2.21. The number of carbonyl (C=O) groups is 1. The topological polar surface area (TPSA) is 84.5 Å². The van der Waals surface area contributed by atoms with Crippen LogP contribution in [-0.2, 0) is 19.6 Å². The summed E-state index contributed by atoms with van der Waals surface area (Å²) < 4.78 is 30.9. The van der Waals surface area contributed by atoms with Gasteiger partial charge in [-0.2, -0.15) is 0 Å². The molecule has 0 atom stereocenters. The first-order chi connectivity index (χ1) is 9.26. The zero-order valence-electron chi connectivity index (χ0n) is 12.1. The number of nitrogens with one attached hydrogen (secondary N) is 2. The molecular formula is C13H20N2O4S. The van der Waals surface area contributed by atoms with Gasteiger partial charge in [-0.1, -0.05) is 6.07 Å². The summed E-state index contributed by atoms with van der Waals surface area (Å²) in [6, 6.07) is 4.55. The average Bonchev–Trinajstić information content (AvgIpc) is 2.38. The van der Waals surface area contributed by atoms with E-state index in [2.05, 4.69) is 10.0 Å². The van der Waals surface area contributed by atoms with Crippen molar-refractivity contribution in [2.24, 2.45) is 0 Å². The molecule has 0 unspecified atom stereocenters. The first-order valence-corrected chi connectivity index (χ1v) is 7.70. The van der Waals surface area contributed by atoms with Gasteiger partial charge in [-0.3, -0.25) is 4.79 Å². The Bertz CT molecular complexity index is 582. The van der Waals surface area contributed by atoms with E-state index in [4.69, 9.17) is 4.74 Å². The second-order valence-corrected chi connectivity index (χ2v) is 6.48. The van der Waals surface area contributed by atoms with Crippen molar-refractivity contribution in [3.05, 3.63) is 23.8 Å². The van der Waals surface area contributed by atoms with E-state index >= 15 is 0 Å². The van der Waals surface area contributed by atoms with Gasteiger partial charge in [0.1, 0.15) is 6.61 Å². The van der Waals surface area contributed by atoms with E-state index in [-0.39, 0.29) is 23.5 Å². The van der Waals surface area contributed by atoms with Gasteiger partial charge in [-0.05, 0) is 45.5 Å². The third-order valence-corrected chi connectivity index (χ3v) is 4.02. The number of aryl methyl sites for hydroxylation is 1. The molecule has 0 aliphatic carbocycles. The minimum atomic E-state index is -3.53. The molecule has 0 heterocycles. The Morgan fingerprint density at radius 1 is 1.35 bits per heavy atom. The molecule has 112 valence electrons. The van der Waals surface area contributed by atoms with Crippen LogP contribution in [0.15, 0.2) is 23.1 Å². The van der Waals surface area contributed by atoms with E-state index in [0.29, 0.717) is 5.69 Å². The van der Waals surface area contributed by atoms with Gasteiger partial charge in [-0.15, -0.1) is 0 Å². The first-order valence-electron chi connectivity index (χ1n) is 6.22. The van der Waals surface area contributed by atoms with Crippen molar-refractivity contribution in [1.29, 1.82) is 0 Å². The number of hydrogen-bond donors (Lipinski definition) is 2. The number of ether oxygens (including phenoxy) is 1. The fraction of sp³-hybridized carbons (Fsp3) is 0.462. The van der Waals surface area contributed by atoms with Crippen LogP contribution < -0.4 is 10.0 Å². The Labute approximate surface area is 119 Å². The first kappa shape index (κ1) is 16.6. The van der Waals surface area contributed by atoms with Crippen LogP contribution >= 0.6 is 0 Å². The molecule has 1 aromatic rings. The quantitative estimate of drug-likeness (QED) is 0.828. The Morgan fingerprint density at radius 3 is 2.55 bits per heavy atom. The third-order valence-electron chi connectivity index (χ3n) is 2.61. The number of rotatable bonds is 6. The molecule has 1 aromatic carbocycles. The van der Waals surface area contributed by atoms with Crippen LogP contribution in [0.2, 0.25) is 0 Å². The van der Waals surface area contributed by atoms with Gasteiger partial charge in [0.05, 0.1) is 11.0 Å². The molecule has 0 saturated heterocycles. The van der Waals surface area contributed by atoms with Crippen LogP contribution in [0.25, 0.3) is 0 Å². The van der Waals surface area contributed by atoms with Gasteiger partial charge in [0.25, 0.3) is 0 Å². The number of anilines is 1. The predicted octanol–water partition coefficient (Wildman–Crippen LogP) is 1.27. The SMILES string of the molecule is CNS(=O)(=O)c1ccc(C)c(NC(=O)COC(C)C)c1. The highest BCUT2D eigenvalue weighted by molar-refractivity contribution is 7.89. The third kappa shape index (κ3) is 4.59. The molecule has 0 bridgehead atoms. The van der Waals surface area contributed by atoms with Crippen LogP contribution in [0.1, 0.15) is 19.4 Å². The summed E-state index contributed by atoms with van der Waals surface area (Å²) in [5, 5.41) is 2.65. The average molecular weight is 300 g/mol. The maximum atomic E-state index is 11.7. The monoisotopic (exact) mass is 300 g/mol. The van der Waals surface area contributed by atoms with Crippen LogP contribution in [0.3, 0.4) is 0 Å². The van der Waals surface area contributed by atoms with Crippen LogP contribution in [0.4, 0.5) is 5.69 Å². The summed E-state index contributed by atoms with van der Waals surface area (Å²) in [4.78, 5) is 11.8. The lowest BCUT2D eigenvalue weighted by molar-refractivity contribution is -0.121. The van der Waals surface area contributed by atoms with Crippen molar-refractivity contribution in [3.8, 4) is 0 Å². The highest BCUT2D eigenvalue weighted by atomic mass is 32.2. The molecule has 2 N–H and O–H groups in total. The highest BCUT2D eigenvalue weighted by Gasteiger charge is 2.14. The zero-order valence-corrected chi connectivity index (χ0v) is 12.9. The molecule has 0 aliphatic heterocycles. The van der Waals surface area contributed by atoms with E-state index in [1.54, 1.807) is 13.0 Å². The molecule has 1 amide bonds. The van der Waals surface area contributed by atoms with E-state index in [9.17, 15) is 13.2 Å². The van der Waals surface area contributed by atoms with Gasteiger partial charge in [-0.25, -0.2) is 13.1 Å². The molecule has 1 rings (SSSR count). The molecule has 0 fully saturated rings. The molecule has 0 radical (unpaired) electrons. The largest absolute Gasteiger partial charge is 0.369 e. The second-order valence-electron chi connectivity index (χ2n) is 4.59. The van der Waals surface area contributed by atoms with Crippen LogP contribution in [0.5, 0.6) is 0 Å². The summed E-state index contributed by atoms with van der Waals surface area (Å²) >= 11 is 0. The van der Waals surface area contributed by atoms with Crippen molar-refractivity contribution < 1.29 is 17.9 Å². The van der Waals surface area contributed by atoms with Gasteiger partial charge >= 0.3 is 0 Å². The summed E-state index contributed by atoms with van der Waals surface area (Å²) in [5.41, 5.74) is 1.23. The molecule has 0 spiro atoms. The standard InChI is InChI=1S/C13H20N2O4S/c1-9(2)19-8-13(16)15-12-7-11(6-5-10(12)3)20(17,18)14-4/h5-7,9,14H,8H2,1-4H3,(H,15,16). The molecule has 6 nitrogen and oxygen atoms in total. The molecule has 7 heteroatoms. The van der Waals surface area contributed by atoms with Gasteiger partial charge in [0.15, 0.2) is 0 Å². The highest BCUT2D eigenvalue weighted by Crippen LogP contribution is 2.20. The number of carbonyl (C=O) groups excluding carboxylic acids is 1. The Balaban J connectivity index is 2.90. The Morgan fingerprint density at radius 2 is 2.00 bits per heavy atom. The smallest absolute Gasteiger partial charge is 0.250 e. The molecule has 0 saturated carbocycles. The van der Waals surface area contributed by atoms with Crippen molar-refractivity contribution in [3.63, 3.8) is 0 Å². The van der Waals surface area contributed by atoms with Crippen molar-refractivity contribution >= 4 is 21.6 Å². The second kappa shape index (κ2) is 6.83. The maximum absolute atomic E-state index is 11.7. The summed E-state index contributed by atoms with van der Waals surface area (Å²) in [6.07, 6.45) is -0.0437.